The Morgan fingerprint density at radius 2 is 1.52 bits per heavy atom. The average molecular weight is 325 g/mol. The summed E-state index contributed by atoms with van der Waals surface area (Å²) in [7, 11) is 0. The van der Waals surface area contributed by atoms with E-state index in [2.05, 4.69) is 0 Å². The average Bonchev–Trinajstić information content (AvgIpc) is 2.94. The van der Waals surface area contributed by atoms with Gasteiger partial charge in [0.1, 0.15) is 0 Å². The molecular formula is C15H19NO7. The highest BCUT2D eigenvalue weighted by Crippen LogP contribution is 2.26. The molecule has 1 aliphatic rings. The minimum Gasteiger partial charge on any atom is -0.457 e. The number of piperidine rings is 1. The first kappa shape index (κ1) is 16.9. The van der Waals surface area contributed by atoms with Crippen LogP contribution in [0.5, 0.6) is 0 Å². The monoisotopic (exact) mass is 325 g/mol. The zero-order valence-electron chi connectivity index (χ0n) is 13.2. The third-order valence-electron chi connectivity index (χ3n) is 3.29. The maximum absolute atomic E-state index is 11.4. The molecule has 0 aliphatic carbocycles. The Morgan fingerprint density at radius 1 is 1.00 bits per heavy atom. The first-order valence-electron chi connectivity index (χ1n) is 7.17. The second kappa shape index (κ2) is 7.17. The molecular weight excluding hydrogens is 306 g/mol. The summed E-state index contributed by atoms with van der Waals surface area (Å²) in [6.07, 6.45) is -0.916. The number of carbonyl (C=O) groups excluding carboxylic acids is 3. The predicted octanol–water partition coefficient (Wildman–Crippen LogP) is 0.895. The van der Waals surface area contributed by atoms with E-state index in [9.17, 15) is 14.4 Å². The number of hydrogen-bond donors (Lipinski definition) is 0. The van der Waals surface area contributed by atoms with Crippen LogP contribution in [0.25, 0.3) is 0 Å². The minimum atomic E-state index is -0.869. The first-order valence-corrected chi connectivity index (χ1v) is 7.17. The van der Waals surface area contributed by atoms with Crippen LogP contribution in [0.1, 0.15) is 20.8 Å². The van der Waals surface area contributed by atoms with Gasteiger partial charge >= 0.3 is 17.9 Å². The Labute approximate surface area is 133 Å². The van der Waals surface area contributed by atoms with Crippen molar-refractivity contribution in [2.75, 3.05) is 18.0 Å². The largest absolute Gasteiger partial charge is 0.457 e. The molecule has 2 heterocycles. The number of anilines is 1. The summed E-state index contributed by atoms with van der Waals surface area (Å²) < 4.78 is 21.1. The van der Waals surface area contributed by atoms with Gasteiger partial charge < -0.3 is 23.5 Å². The highest BCUT2D eigenvalue weighted by molar-refractivity contribution is 5.68. The molecule has 0 aromatic carbocycles. The van der Waals surface area contributed by atoms with Gasteiger partial charge in [-0.2, -0.15) is 0 Å². The molecule has 0 saturated carbocycles. The van der Waals surface area contributed by atoms with Crippen molar-refractivity contribution < 1.29 is 33.0 Å². The zero-order valence-corrected chi connectivity index (χ0v) is 13.2. The van der Waals surface area contributed by atoms with Crippen molar-refractivity contribution >= 4 is 23.8 Å². The third kappa shape index (κ3) is 4.48. The van der Waals surface area contributed by atoms with Crippen LogP contribution < -0.4 is 4.90 Å². The Bertz CT molecular complexity index is 542. The molecule has 1 aromatic rings. The summed E-state index contributed by atoms with van der Waals surface area (Å²) in [6, 6.07) is 3.46. The van der Waals surface area contributed by atoms with Crippen molar-refractivity contribution in [2.24, 2.45) is 0 Å². The van der Waals surface area contributed by atoms with E-state index in [0.29, 0.717) is 5.88 Å². The molecule has 126 valence electrons. The molecule has 0 bridgehead atoms. The number of carbonyl (C=O) groups is 3. The summed E-state index contributed by atoms with van der Waals surface area (Å²) in [4.78, 5) is 35.8. The standard InChI is InChI=1S/C15H19NO7/c1-9(17)21-12-7-16(14-5-4-6-20-14)8-13(22-10(2)18)15(12)23-11(3)19/h4-6,12-13,15H,7-8H2,1-3H3/t12-,13+,15?. The molecule has 0 radical (unpaired) electrons. The van der Waals surface area contributed by atoms with Crippen molar-refractivity contribution in [3.05, 3.63) is 18.4 Å². The van der Waals surface area contributed by atoms with E-state index < -0.39 is 36.2 Å². The van der Waals surface area contributed by atoms with Gasteiger partial charge in [0.05, 0.1) is 19.4 Å². The topological polar surface area (TPSA) is 95.3 Å². The molecule has 0 amide bonds. The lowest BCUT2D eigenvalue weighted by Crippen LogP contribution is -2.59. The second-order valence-electron chi connectivity index (χ2n) is 5.23. The maximum Gasteiger partial charge on any atom is 0.303 e. The van der Waals surface area contributed by atoms with Crippen molar-refractivity contribution in [3.63, 3.8) is 0 Å². The number of nitrogens with zero attached hydrogens (tertiary/aromatic N) is 1. The normalized spacial score (nSPS) is 24.0. The number of esters is 3. The van der Waals surface area contributed by atoms with Gasteiger partial charge in [0, 0.05) is 26.8 Å². The molecule has 1 aliphatic heterocycles. The molecule has 0 spiro atoms. The van der Waals surface area contributed by atoms with Gasteiger partial charge in [-0.25, -0.2) is 0 Å². The van der Waals surface area contributed by atoms with E-state index in [1.807, 2.05) is 0 Å². The van der Waals surface area contributed by atoms with Crippen LogP contribution in [0.15, 0.2) is 22.8 Å². The van der Waals surface area contributed by atoms with Crippen LogP contribution in [0, 0.1) is 0 Å². The van der Waals surface area contributed by atoms with Gasteiger partial charge in [-0.15, -0.1) is 0 Å². The number of rotatable bonds is 4. The van der Waals surface area contributed by atoms with E-state index in [1.165, 1.54) is 27.0 Å². The van der Waals surface area contributed by atoms with Gasteiger partial charge in [-0.05, 0) is 6.07 Å². The van der Waals surface area contributed by atoms with Crippen molar-refractivity contribution in [2.45, 2.75) is 39.1 Å². The smallest absolute Gasteiger partial charge is 0.303 e. The van der Waals surface area contributed by atoms with Gasteiger partial charge in [0.2, 0.25) is 0 Å². The first-order chi connectivity index (χ1) is 10.9. The number of ether oxygens (including phenoxy) is 3. The minimum absolute atomic E-state index is 0.253. The van der Waals surface area contributed by atoms with Crippen molar-refractivity contribution in [3.8, 4) is 0 Å². The van der Waals surface area contributed by atoms with Gasteiger partial charge in [0.25, 0.3) is 0 Å². The predicted molar refractivity (Wildman–Crippen MR) is 77.6 cm³/mol. The van der Waals surface area contributed by atoms with E-state index in [-0.39, 0.29) is 13.1 Å². The molecule has 0 N–H and O–H groups in total. The van der Waals surface area contributed by atoms with Crippen LogP contribution in [0.2, 0.25) is 0 Å². The highest BCUT2D eigenvalue weighted by Gasteiger charge is 2.43. The fraction of sp³-hybridized carbons (Fsp3) is 0.533. The Morgan fingerprint density at radius 3 is 1.91 bits per heavy atom. The number of furan rings is 1. The van der Waals surface area contributed by atoms with Crippen molar-refractivity contribution in [1.29, 1.82) is 0 Å². The molecule has 2 rings (SSSR count). The lowest BCUT2D eigenvalue weighted by atomic mass is 10.0. The van der Waals surface area contributed by atoms with Crippen LogP contribution in [0.4, 0.5) is 5.88 Å². The molecule has 1 fully saturated rings. The van der Waals surface area contributed by atoms with E-state index in [1.54, 1.807) is 17.0 Å². The van der Waals surface area contributed by atoms with Crippen LogP contribution in [-0.2, 0) is 28.6 Å². The molecule has 1 unspecified atom stereocenters. The second-order valence-corrected chi connectivity index (χ2v) is 5.23. The Kier molecular flexibility index (Phi) is 5.25. The molecule has 23 heavy (non-hydrogen) atoms. The number of hydrogen-bond acceptors (Lipinski definition) is 8. The Hall–Kier alpha value is -2.51. The van der Waals surface area contributed by atoms with E-state index in [4.69, 9.17) is 18.6 Å². The maximum atomic E-state index is 11.4. The lowest BCUT2D eigenvalue weighted by Gasteiger charge is -2.41. The van der Waals surface area contributed by atoms with Crippen LogP contribution in [0.3, 0.4) is 0 Å². The summed E-state index contributed by atoms with van der Waals surface area (Å²) in [5.41, 5.74) is 0. The summed E-state index contributed by atoms with van der Waals surface area (Å²) in [5, 5.41) is 0. The summed E-state index contributed by atoms with van der Waals surface area (Å²) >= 11 is 0. The van der Waals surface area contributed by atoms with Crippen LogP contribution in [-0.4, -0.2) is 49.3 Å². The molecule has 8 nitrogen and oxygen atoms in total. The van der Waals surface area contributed by atoms with Gasteiger partial charge in [-0.1, -0.05) is 0 Å². The zero-order chi connectivity index (χ0) is 17.0. The fourth-order valence-corrected chi connectivity index (χ4v) is 2.56. The Balaban J connectivity index is 2.26. The lowest BCUT2D eigenvalue weighted by molar-refractivity contribution is -0.184. The highest BCUT2D eigenvalue weighted by atomic mass is 16.6. The van der Waals surface area contributed by atoms with Gasteiger partial charge in [0.15, 0.2) is 24.2 Å². The van der Waals surface area contributed by atoms with E-state index in [0.717, 1.165) is 0 Å². The molecule has 3 atom stereocenters. The van der Waals surface area contributed by atoms with E-state index >= 15 is 0 Å². The van der Waals surface area contributed by atoms with Gasteiger partial charge in [-0.3, -0.25) is 14.4 Å². The summed E-state index contributed by atoms with van der Waals surface area (Å²) in [6.45, 7) is 4.27. The third-order valence-corrected chi connectivity index (χ3v) is 3.29. The molecule has 1 aromatic heterocycles. The fourth-order valence-electron chi connectivity index (χ4n) is 2.56. The van der Waals surface area contributed by atoms with Crippen LogP contribution >= 0.6 is 0 Å². The van der Waals surface area contributed by atoms with Crippen molar-refractivity contribution in [1.82, 2.24) is 0 Å². The SMILES string of the molecule is CC(=O)OC1[C@@H](OC(C)=O)CN(c2ccco2)C[C@H]1OC(C)=O. The quantitative estimate of drug-likeness (QED) is 0.595. The molecule has 1 saturated heterocycles. The molecule has 8 heteroatoms. The summed E-state index contributed by atoms with van der Waals surface area (Å²) in [5.74, 6) is -1.04.